The fraction of sp³-hybridized carbons (Fsp3) is 0.133. The number of nitrogens with zero attached hydrogens (tertiary/aromatic N) is 1. The zero-order valence-electron chi connectivity index (χ0n) is 11.7. The Balaban J connectivity index is 2.30. The van der Waals surface area contributed by atoms with Gasteiger partial charge in [-0.25, -0.2) is 0 Å². The van der Waals surface area contributed by atoms with E-state index in [2.05, 4.69) is 5.32 Å². The van der Waals surface area contributed by atoms with E-state index in [1.165, 1.54) is 35.0 Å². The molecule has 0 aliphatic heterocycles. The summed E-state index contributed by atoms with van der Waals surface area (Å²) in [5, 5.41) is 2.76. The lowest BCUT2D eigenvalue weighted by atomic mass is 10.2. The van der Waals surface area contributed by atoms with Gasteiger partial charge in [0.05, 0.1) is 16.8 Å². The number of amides is 1. The van der Waals surface area contributed by atoms with Crippen molar-refractivity contribution in [1.82, 2.24) is 4.57 Å². The van der Waals surface area contributed by atoms with Gasteiger partial charge in [-0.1, -0.05) is 11.6 Å². The summed E-state index contributed by atoms with van der Waals surface area (Å²) in [5.41, 5.74) is 5.84. The predicted octanol–water partition coefficient (Wildman–Crippen LogP) is 2.10. The lowest BCUT2D eigenvalue weighted by Gasteiger charge is -2.11. The van der Waals surface area contributed by atoms with Crippen LogP contribution < -0.4 is 16.6 Å². The molecule has 1 amide bonds. The molecule has 2 aromatic rings. The van der Waals surface area contributed by atoms with Gasteiger partial charge in [0.1, 0.15) is 12.0 Å². The van der Waals surface area contributed by atoms with Crippen molar-refractivity contribution in [1.29, 1.82) is 0 Å². The summed E-state index contributed by atoms with van der Waals surface area (Å²) in [7, 11) is 0. The third-order valence-corrected chi connectivity index (χ3v) is 3.45. The van der Waals surface area contributed by atoms with Gasteiger partial charge in [0.15, 0.2) is 0 Å². The SMILES string of the molecule is CC(C=O)n1cccc(NC(=O)c2ccc(N)c(Cl)c2)c1=O. The second-order valence-corrected chi connectivity index (χ2v) is 5.11. The van der Waals surface area contributed by atoms with Crippen LogP contribution in [0.5, 0.6) is 0 Å². The highest BCUT2D eigenvalue weighted by Gasteiger charge is 2.13. The molecule has 0 bridgehead atoms. The number of anilines is 2. The summed E-state index contributed by atoms with van der Waals surface area (Å²) in [5.74, 6) is -0.490. The molecule has 3 N–H and O–H groups in total. The molecule has 1 atom stereocenters. The summed E-state index contributed by atoms with van der Waals surface area (Å²) >= 11 is 5.87. The highest BCUT2D eigenvalue weighted by molar-refractivity contribution is 6.33. The lowest BCUT2D eigenvalue weighted by molar-refractivity contribution is -0.110. The van der Waals surface area contributed by atoms with E-state index in [1.807, 2.05) is 0 Å². The van der Waals surface area contributed by atoms with E-state index in [1.54, 1.807) is 13.0 Å². The Hall–Kier alpha value is -2.60. The number of nitrogen functional groups attached to an aromatic ring is 1. The largest absolute Gasteiger partial charge is 0.398 e. The van der Waals surface area contributed by atoms with Crippen molar-refractivity contribution in [3.63, 3.8) is 0 Å². The fourth-order valence-corrected chi connectivity index (χ4v) is 2.03. The average molecular weight is 320 g/mol. The van der Waals surface area contributed by atoms with Gasteiger partial charge in [-0.15, -0.1) is 0 Å². The van der Waals surface area contributed by atoms with E-state index in [9.17, 15) is 14.4 Å². The van der Waals surface area contributed by atoms with E-state index >= 15 is 0 Å². The summed E-state index contributed by atoms with van der Waals surface area (Å²) in [6.45, 7) is 1.58. The van der Waals surface area contributed by atoms with Crippen molar-refractivity contribution in [2.45, 2.75) is 13.0 Å². The maximum absolute atomic E-state index is 12.2. The Morgan fingerprint density at radius 2 is 2.14 bits per heavy atom. The van der Waals surface area contributed by atoms with E-state index in [4.69, 9.17) is 17.3 Å². The number of hydrogen-bond donors (Lipinski definition) is 2. The van der Waals surface area contributed by atoms with Gasteiger partial charge < -0.3 is 20.4 Å². The predicted molar refractivity (Wildman–Crippen MR) is 85.3 cm³/mol. The molecule has 0 saturated carbocycles. The lowest BCUT2D eigenvalue weighted by Crippen LogP contribution is -2.27. The molecule has 1 aromatic carbocycles. The van der Waals surface area contributed by atoms with Crippen LogP contribution in [0.3, 0.4) is 0 Å². The topological polar surface area (TPSA) is 94.2 Å². The third kappa shape index (κ3) is 3.17. The second-order valence-electron chi connectivity index (χ2n) is 4.70. The van der Waals surface area contributed by atoms with Gasteiger partial charge >= 0.3 is 0 Å². The number of aldehydes is 1. The molecule has 114 valence electrons. The van der Waals surface area contributed by atoms with Crippen molar-refractivity contribution in [2.75, 3.05) is 11.1 Å². The minimum atomic E-state index is -0.615. The van der Waals surface area contributed by atoms with Crippen molar-refractivity contribution >= 4 is 35.2 Å². The summed E-state index contributed by atoms with van der Waals surface area (Å²) in [4.78, 5) is 35.2. The first-order valence-electron chi connectivity index (χ1n) is 6.47. The molecule has 1 aromatic heterocycles. The fourth-order valence-electron chi connectivity index (χ4n) is 1.85. The van der Waals surface area contributed by atoms with E-state index in [0.29, 0.717) is 12.0 Å². The molecule has 0 aliphatic rings. The van der Waals surface area contributed by atoms with Crippen LogP contribution in [-0.4, -0.2) is 16.8 Å². The number of pyridine rings is 1. The molecular weight excluding hydrogens is 306 g/mol. The Kier molecular flexibility index (Phi) is 4.62. The molecule has 0 saturated heterocycles. The Morgan fingerprint density at radius 1 is 1.41 bits per heavy atom. The average Bonchev–Trinajstić information content (AvgIpc) is 2.51. The van der Waals surface area contributed by atoms with Crippen LogP contribution in [0, 0.1) is 0 Å². The Bertz CT molecular complexity index is 786. The maximum atomic E-state index is 12.2. The van der Waals surface area contributed by atoms with E-state index < -0.39 is 17.5 Å². The molecular formula is C15H14ClN3O3. The number of nitrogens with two attached hydrogens (primary N) is 1. The van der Waals surface area contributed by atoms with Crippen LogP contribution in [-0.2, 0) is 4.79 Å². The second kappa shape index (κ2) is 6.44. The molecule has 0 radical (unpaired) electrons. The number of carbonyl (C=O) groups excluding carboxylic acids is 2. The van der Waals surface area contributed by atoms with Crippen LogP contribution in [0.2, 0.25) is 5.02 Å². The zero-order chi connectivity index (χ0) is 16.3. The van der Waals surface area contributed by atoms with Gasteiger partial charge in [0.2, 0.25) is 0 Å². The minimum absolute atomic E-state index is 0.0779. The van der Waals surface area contributed by atoms with Gasteiger partial charge in [-0.3, -0.25) is 9.59 Å². The number of nitrogens with one attached hydrogen (secondary N) is 1. The molecule has 1 heterocycles. The summed E-state index contributed by atoms with van der Waals surface area (Å²) in [6.07, 6.45) is 2.13. The van der Waals surface area contributed by atoms with Crippen molar-refractivity contribution in [2.24, 2.45) is 0 Å². The normalized spacial score (nSPS) is 11.7. The number of aromatic nitrogens is 1. The quantitative estimate of drug-likeness (QED) is 0.666. The van der Waals surface area contributed by atoms with E-state index in [-0.39, 0.29) is 16.3 Å². The number of hydrogen-bond acceptors (Lipinski definition) is 4. The van der Waals surface area contributed by atoms with Gasteiger partial charge in [-0.2, -0.15) is 0 Å². The summed E-state index contributed by atoms with van der Waals surface area (Å²) in [6, 6.07) is 6.86. The maximum Gasteiger partial charge on any atom is 0.274 e. The van der Waals surface area contributed by atoms with Crippen LogP contribution in [0.25, 0.3) is 0 Å². The molecule has 0 spiro atoms. The van der Waals surface area contributed by atoms with Crippen LogP contribution in [0.1, 0.15) is 23.3 Å². The number of rotatable bonds is 4. The molecule has 7 heteroatoms. The Morgan fingerprint density at radius 3 is 2.77 bits per heavy atom. The number of carbonyl (C=O) groups is 2. The van der Waals surface area contributed by atoms with Crippen molar-refractivity contribution < 1.29 is 9.59 Å². The zero-order valence-corrected chi connectivity index (χ0v) is 12.5. The van der Waals surface area contributed by atoms with Crippen LogP contribution in [0.15, 0.2) is 41.3 Å². The standard InChI is InChI=1S/C15H14ClN3O3/c1-9(8-20)19-6-2-3-13(15(19)22)18-14(21)10-4-5-12(17)11(16)7-10/h2-9H,17H2,1H3,(H,18,21). The molecule has 0 fully saturated rings. The smallest absolute Gasteiger partial charge is 0.274 e. The van der Waals surface area contributed by atoms with E-state index in [0.717, 1.165) is 0 Å². The molecule has 1 unspecified atom stereocenters. The van der Waals surface area contributed by atoms with Gasteiger partial charge in [0.25, 0.3) is 11.5 Å². The Labute approximate surface area is 131 Å². The minimum Gasteiger partial charge on any atom is -0.398 e. The van der Waals surface area contributed by atoms with Gasteiger partial charge in [0, 0.05) is 11.8 Å². The van der Waals surface area contributed by atoms with Crippen molar-refractivity contribution in [3.8, 4) is 0 Å². The first-order valence-corrected chi connectivity index (χ1v) is 6.84. The van der Waals surface area contributed by atoms with Crippen LogP contribution >= 0.6 is 11.6 Å². The summed E-state index contributed by atoms with van der Waals surface area (Å²) < 4.78 is 1.23. The number of halogens is 1. The molecule has 6 nitrogen and oxygen atoms in total. The first-order chi connectivity index (χ1) is 10.4. The first kappa shape index (κ1) is 15.8. The number of benzene rings is 1. The van der Waals surface area contributed by atoms with Crippen LogP contribution in [0.4, 0.5) is 11.4 Å². The van der Waals surface area contributed by atoms with Crippen molar-refractivity contribution in [3.05, 3.63) is 57.5 Å². The monoisotopic (exact) mass is 319 g/mol. The van der Waals surface area contributed by atoms with Gasteiger partial charge in [-0.05, 0) is 37.3 Å². The molecule has 22 heavy (non-hydrogen) atoms. The molecule has 2 rings (SSSR count). The third-order valence-electron chi connectivity index (χ3n) is 3.12. The molecule has 0 aliphatic carbocycles. The highest BCUT2D eigenvalue weighted by Crippen LogP contribution is 2.20. The highest BCUT2D eigenvalue weighted by atomic mass is 35.5.